The largest absolute Gasteiger partial charge is 0.467 e. The third-order valence-electron chi connectivity index (χ3n) is 2.47. The van der Waals surface area contributed by atoms with E-state index >= 15 is 0 Å². The fourth-order valence-corrected chi connectivity index (χ4v) is 2.73. The van der Waals surface area contributed by atoms with Crippen molar-refractivity contribution in [1.29, 1.82) is 0 Å². The Morgan fingerprint density at radius 1 is 1.48 bits per heavy atom. The van der Waals surface area contributed by atoms with E-state index in [2.05, 4.69) is 41.4 Å². The van der Waals surface area contributed by atoms with E-state index in [4.69, 9.17) is 4.42 Å². The summed E-state index contributed by atoms with van der Waals surface area (Å²) >= 11 is 1.47. The number of aromatic nitrogens is 1. The summed E-state index contributed by atoms with van der Waals surface area (Å²) in [6.07, 6.45) is 1.87. The molecule has 0 fully saturated rings. The van der Waals surface area contributed by atoms with Gasteiger partial charge in [0.25, 0.3) is 0 Å². The predicted molar refractivity (Wildman–Crippen MR) is 86.6 cm³/mol. The number of carbonyl (C=O) groups is 1. The first kappa shape index (κ1) is 15.5. The fraction of sp³-hybridized carbons (Fsp3) is 0.333. The Morgan fingerprint density at radius 2 is 2.29 bits per heavy atom. The van der Waals surface area contributed by atoms with Gasteiger partial charge in [0.1, 0.15) is 24.5 Å². The highest BCUT2D eigenvalue weighted by atomic mass is 32.1. The summed E-state index contributed by atoms with van der Waals surface area (Å²) in [5, 5.41) is 5.49. The van der Waals surface area contributed by atoms with Crippen molar-refractivity contribution in [3.63, 3.8) is 0 Å². The molecule has 110 valence electrons. The maximum absolute atomic E-state index is 11.8. The molecule has 4 nitrogen and oxygen atoms in total. The molecule has 1 N–H and O–H groups in total. The molecule has 0 saturated heterocycles. The lowest BCUT2D eigenvalue weighted by Gasteiger charge is -2.02. The summed E-state index contributed by atoms with van der Waals surface area (Å²) in [4.78, 5) is 16.2. The Labute approximate surface area is 129 Å². The molecule has 0 aliphatic carbocycles. The maximum Gasteiger partial charge on any atom is 0.227 e. The minimum absolute atomic E-state index is 0.0644. The van der Waals surface area contributed by atoms with Crippen molar-refractivity contribution in [2.75, 3.05) is 0 Å². The summed E-state index contributed by atoms with van der Waals surface area (Å²) in [6, 6.07) is 3.62. The van der Waals surface area contributed by atoms with Crippen molar-refractivity contribution in [2.45, 2.75) is 32.6 Å². The van der Waals surface area contributed by atoms with Crippen LogP contribution < -0.4 is 5.32 Å². The molecule has 2 aromatic heterocycles. The first-order valence-electron chi connectivity index (χ1n) is 6.69. The molecule has 2 aromatic rings. The highest BCUT2D eigenvalue weighted by Gasteiger charge is 2.10. The van der Waals surface area contributed by atoms with Crippen molar-refractivity contribution >= 4 is 25.3 Å². The third kappa shape index (κ3) is 5.58. The molecule has 21 heavy (non-hydrogen) atoms. The van der Waals surface area contributed by atoms with Crippen LogP contribution in [0.3, 0.4) is 0 Å². The number of hydrogen-bond donors (Lipinski definition) is 1. The van der Waals surface area contributed by atoms with Crippen LogP contribution in [0.25, 0.3) is 0 Å². The van der Waals surface area contributed by atoms with E-state index in [-0.39, 0.29) is 12.3 Å². The van der Waals surface area contributed by atoms with Gasteiger partial charge in [-0.3, -0.25) is 4.79 Å². The number of nitrogens with zero attached hydrogens (tertiary/aromatic N) is 1. The van der Waals surface area contributed by atoms with Gasteiger partial charge in [0.15, 0.2) is 0 Å². The number of rotatable bonds is 4. The Bertz CT molecular complexity index is 660. The molecule has 6 heteroatoms. The number of furan rings is 1. The molecule has 2 heterocycles. The molecule has 0 aromatic carbocycles. The zero-order valence-corrected chi connectivity index (χ0v) is 14.2. The summed E-state index contributed by atoms with van der Waals surface area (Å²) in [5.41, 5.74) is 4.03. The molecule has 0 atom stereocenters. The Hall–Kier alpha value is -1.84. The van der Waals surface area contributed by atoms with Crippen LogP contribution in [0.5, 0.6) is 0 Å². The van der Waals surface area contributed by atoms with E-state index in [1.165, 1.54) is 11.3 Å². The van der Waals surface area contributed by atoms with Crippen LogP contribution >= 0.6 is 11.3 Å². The van der Waals surface area contributed by atoms with Crippen LogP contribution in [0.1, 0.15) is 16.5 Å². The van der Waals surface area contributed by atoms with Crippen LogP contribution in [0.4, 0.5) is 0 Å². The summed E-state index contributed by atoms with van der Waals surface area (Å²) in [6.45, 7) is 6.97. The topological polar surface area (TPSA) is 55.1 Å². The molecule has 0 unspecified atom stereocenters. The van der Waals surface area contributed by atoms with Crippen molar-refractivity contribution in [2.24, 2.45) is 0 Å². The van der Waals surface area contributed by atoms with Crippen LogP contribution in [0.2, 0.25) is 19.6 Å². The van der Waals surface area contributed by atoms with Gasteiger partial charge >= 0.3 is 0 Å². The van der Waals surface area contributed by atoms with E-state index in [9.17, 15) is 4.79 Å². The number of amides is 1. The van der Waals surface area contributed by atoms with Gasteiger partial charge in [0.05, 0.1) is 19.2 Å². The molecule has 0 aliphatic rings. The van der Waals surface area contributed by atoms with E-state index in [0.29, 0.717) is 6.54 Å². The SMILES string of the molecule is C[Si](C)(C)C#Cc1csc(CC(=O)NCc2ccco2)n1. The quantitative estimate of drug-likeness (QED) is 0.696. The highest BCUT2D eigenvalue weighted by Crippen LogP contribution is 2.10. The van der Waals surface area contributed by atoms with E-state index in [0.717, 1.165) is 16.5 Å². The van der Waals surface area contributed by atoms with Crippen molar-refractivity contribution in [1.82, 2.24) is 10.3 Å². The second kappa shape index (κ2) is 6.74. The lowest BCUT2D eigenvalue weighted by atomic mass is 10.4. The Morgan fingerprint density at radius 3 is 2.95 bits per heavy atom. The zero-order chi connectivity index (χ0) is 15.3. The summed E-state index contributed by atoms with van der Waals surface area (Å²) in [5.74, 6) is 3.77. The molecule has 0 aliphatic heterocycles. The van der Waals surface area contributed by atoms with Crippen LogP contribution in [0.15, 0.2) is 28.2 Å². The molecular weight excluding hydrogens is 300 g/mol. The predicted octanol–water partition coefficient (Wildman–Crippen LogP) is 2.82. The van der Waals surface area contributed by atoms with Gasteiger partial charge in [-0.05, 0) is 12.1 Å². The number of thiazole rings is 1. The van der Waals surface area contributed by atoms with Gasteiger partial charge < -0.3 is 9.73 Å². The summed E-state index contributed by atoms with van der Waals surface area (Å²) < 4.78 is 5.16. The van der Waals surface area contributed by atoms with Gasteiger partial charge in [0, 0.05) is 5.38 Å². The second-order valence-electron chi connectivity index (χ2n) is 5.66. The zero-order valence-electron chi connectivity index (χ0n) is 12.4. The molecule has 0 radical (unpaired) electrons. The smallest absolute Gasteiger partial charge is 0.227 e. The minimum Gasteiger partial charge on any atom is -0.467 e. The van der Waals surface area contributed by atoms with E-state index < -0.39 is 8.07 Å². The fourth-order valence-electron chi connectivity index (χ4n) is 1.50. The van der Waals surface area contributed by atoms with Crippen molar-refractivity contribution < 1.29 is 9.21 Å². The average molecular weight is 318 g/mol. The maximum atomic E-state index is 11.8. The monoisotopic (exact) mass is 318 g/mol. The van der Waals surface area contributed by atoms with E-state index in [1.807, 2.05) is 11.4 Å². The van der Waals surface area contributed by atoms with Crippen molar-refractivity contribution in [3.8, 4) is 11.5 Å². The lowest BCUT2D eigenvalue weighted by molar-refractivity contribution is -0.120. The van der Waals surface area contributed by atoms with Crippen LogP contribution in [-0.2, 0) is 17.8 Å². The average Bonchev–Trinajstić information content (AvgIpc) is 3.04. The van der Waals surface area contributed by atoms with Gasteiger partial charge in [-0.15, -0.1) is 16.9 Å². The molecule has 1 amide bonds. The van der Waals surface area contributed by atoms with Crippen LogP contribution in [0, 0.1) is 11.5 Å². The molecule has 2 rings (SSSR count). The minimum atomic E-state index is -1.39. The normalized spacial score (nSPS) is 10.8. The third-order valence-corrected chi connectivity index (χ3v) is 4.19. The molecule has 0 bridgehead atoms. The molecule has 0 saturated carbocycles. The Balaban J connectivity index is 1.87. The van der Waals surface area contributed by atoms with Gasteiger partial charge in [-0.1, -0.05) is 25.6 Å². The number of carbonyl (C=O) groups excluding carboxylic acids is 1. The number of nitrogens with one attached hydrogen (secondary N) is 1. The van der Waals surface area contributed by atoms with Gasteiger partial charge in [-0.25, -0.2) is 4.98 Å². The molecular formula is C15H18N2O2SSi. The first-order chi connectivity index (χ1) is 9.92. The summed E-state index contributed by atoms with van der Waals surface area (Å²) in [7, 11) is -1.39. The van der Waals surface area contributed by atoms with Gasteiger partial charge in [0.2, 0.25) is 5.91 Å². The Kier molecular flexibility index (Phi) is 4.99. The van der Waals surface area contributed by atoms with E-state index in [1.54, 1.807) is 12.3 Å². The van der Waals surface area contributed by atoms with Gasteiger partial charge in [-0.2, -0.15) is 0 Å². The highest BCUT2D eigenvalue weighted by molar-refractivity contribution is 7.09. The number of hydrogen-bond acceptors (Lipinski definition) is 4. The first-order valence-corrected chi connectivity index (χ1v) is 11.1. The van der Waals surface area contributed by atoms with Crippen molar-refractivity contribution in [3.05, 3.63) is 40.2 Å². The lowest BCUT2D eigenvalue weighted by Crippen LogP contribution is -2.24. The molecule has 0 spiro atoms. The van der Waals surface area contributed by atoms with Crippen LogP contribution in [-0.4, -0.2) is 19.0 Å². The second-order valence-corrected chi connectivity index (χ2v) is 11.4. The standard InChI is InChI=1S/C15H18N2O2SSi/c1-21(2,3)8-6-12-11-20-15(17-12)9-14(18)16-10-13-5-4-7-19-13/h4-5,7,11H,9-10H2,1-3H3,(H,16,18).